The first-order chi connectivity index (χ1) is 19.0. The second kappa shape index (κ2) is 11.2. The van der Waals surface area contributed by atoms with Gasteiger partial charge in [-0.05, 0) is 40.1 Å². The van der Waals surface area contributed by atoms with Crippen LogP contribution >= 0.6 is 0 Å². The summed E-state index contributed by atoms with van der Waals surface area (Å²) in [5, 5.41) is 19.4. The Morgan fingerprint density at radius 3 is 2.64 bits per heavy atom. The molecule has 12 nitrogen and oxygen atoms in total. The highest BCUT2D eigenvalue weighted by Crippen LogP contribution is 2.29. The lowest BCUT2D eigenvalue weighted by molar-refractivity contribution is 0.0950. The molecule has 0 spiro atoms. The van der Waals surface area contributed by atoms with Crippen molar-refractivity contribution in [3.63, 3.8) is 0 Å². The molecule has 2 aromatic heterocycles. The summed E-state index contributed by atoms with van der Waals surface area (Å²) in [5.41, 5.74) is 10.2. The van der Waals surface area contributed by atoms with Gasteiger partial charge in [0, 0.05) is 11.1 Å². The smallest absolute Gasteiger partial charge is 0.294 e. The van der Waals surface area contributed by atoms with E-state index in [1.807, 2.05) is 6.07 Å². The highest BCUT2D eigenvalue weighted by molar-refractivity contribution is 5.98. The number of nitrogen functional groups attached to an aromatic ring is 1. The molecule has 2 heterocycles. The minimum absolute atomic E-state index is 0.0164. The number of amides is 1. The summed E-state index contributed by atoms with van der Waals surface area (Å²) in [5.74, 6) is -0.0659. The predicted octanol–water partition coefficient (Wildman–Crippen LogP) is 3.39. The molecule has 13 heteroatoms. The molecule has 39 heavy (non-hydrogen) atoms. The zero-order valence-electron chi connectivity index (χ0n) is 20.5. The van der Waals surface area contributed by atoms with Gasteiger partial charge in [0.15, 0.2) is 17.2 Å². The summed E-state index contributed by atoms with van der Waals surface area (Å²) in [7, 11) is 1.49. The quantitative estimate of drug-likeness (QED) is 0.216. The fourth-order valence-electron chi connectivity index (χ4n) is 3.65. The number of nitrogens with two attached hydrogens (primary N) is 1. The van der Waals surface area contributed by atoms with E-state index in [0.717, 1.165) is 0 Å². The maximum atomic E-state index is 13.9. The summed E-state index contributed by atoms with van der Waals surface area (Å²) in [6.45, 7) is 0.0347. The van der Waals surface area contributed by atoms with Gasteiger partial charge < -0.3 is 15.2 Å². The minimum atomic E-state index is -0.622. The van der Waals surface area contributed by atoms with E-state index < -0.39 is 5.91 Å². The van der Waals surface area contributed by atoms with Crippen LogP contribution in [0.15, 0.2) is 82.5 Å². The lowest BCUT2D eigenvalue weighted by atomic mass is 10.1. The number of anilines is 1. The first-order valence-corrected chi connectivity index (χ1v) is 11.5. The van der Waals surface area contributed by atoms with Crippen LogP contribution in [0, 0.1) is 5.82 Å². The Balaban J connectivity index is 1.33. The van der Waals surface area contributed by atoms with Crippen LogP contribution in [0.1, 0.15) is 21.6 Å². The minimum Gasteiger partial charge on any atom is -0.493 e. The molecule has 0 aliphatic heterocycles. The Bertz CT molecular complexity index is 1630. The van der Waals surface area contributed by atoms with Gasteiger partial charge >= 0.3 is 0 Å². The SMILES string of the molecule is COc1cc(/C=N\NC(=O)c2nnn(-c3nonc3N)c2-c2ccccc2)ccc1OCc1ccccc1F. The van der Waals surface area contributed by atoms with Gasteiger partial charge in [0.25, 0.3) is 5.91 Å². The Morgan fingerprint density at radius 2 is 1.90 bits per heavy atom. The van der Waals surface area contributed by atoms with Crippen LogP contribution < -0.4 is 20.6 Å². The van der Waals surface area contributed by atoms with Crippen molar-refractivity contribution in [3.8, 4) is 28.6 Å². The van der Waals surface area contributed by atoms with Crippen LogP contribution in [0.5, 0.6) is 11.5 Å². The second-order valence-corrected chi connectivity index (χ2v) is 8.03. The molecule has 5 aromatic rings. The average Bonchev–Trinajstić information content (AvgIpc) is 3.59. The highest BCUT2D eigenvalue weighted by Gasteiger charge is 2.25. The van der Waals surface area contributed by atoms with Gasteiger partial charge in [-0.1, -0.05) is 53.7 Å². The largest absolute Gasteiger partial charge is 0.493 e. The zero-order valence-corrected chi connectivity index (χ0v) is 20.5. The lowest BCUT2D eigenvalue weighted by Crippen LogP contribution is -2.19. The van der Waals surface area contributed by atoms with Gasteiger partial charge in [-0.15, -0.1) is 5.10 Å². The third-order valence-corrected chi connectivity index (χ3v) is 5.54. The van der Waals surface area contributed by atoms with E-state index in [4.69, 9.17) is 15.2 Å². The molecule has 3 N–H and O–H groups in total. The number of benzene rings is 3. The molecule has 0 saturated heterocycles. The number of hydrazone groups is 1. The number of carbonyl (C=O) groups is 1. The van der Waals surface area contributed by atoms with Gasteiger partial charge in [0.2, 0.25) is 11.6 Å². The third-order valence-electron chi connectivity index (χ3n) is 5.54. The molecule has 0 unspecified atom stereocenters. The number of hydrogen-bond acceptors (Lipinski definition) is 10. The van der Waals surface area contributed by atoms with Crippen molar-refractivity contribution in [1.29, 1.82) is 0 Å². The first-order valence-electron chi connectivity index (χ1n) is 11.5. The number of ether oxygens (including phenoxy) is 2. The first kappa shape index (κ1) is 25.1. The number of halogens is 1. The van der Waals surface area contributed by atoms with Crippen molar-refractivity contribution in [3.05, 3.63) is 95.4 Å². The lowest BCUT2D eigenvalue weighted by Gasteiger charge is -2.11. The monoisotopic (exact) mass is 528 g/mol. The van der Waals surface area contributed by atoms with Crippen LogP contribution in [-0.2, 0) is 6.61 Å². The third kappa shape index (κ3) is 5.41. The summed E-state index contributed by atoms with van der Waals surface area (Å²) in [4.78, 5) is 13.0. The van der Waals surface area contributed by atoms with Crippen molar-refractivity contribution >= 4 is 17.9 Å². The Kier molecular flexibility index (Phi) is 7.21. The molecule has 3 aromatic carbocycles. The molecule has 1 amide bonds. The molecule has 0 atom stereocenters. The van der Waals surface area contributed by atoms with E-state index in [0.29, 0.717) is 33.9 Å². The summed E-state index contributed by atoms with van der Waals surface area (Å²) in [6.07, 6.45) is 1.42. The Hall–Kier alpha value is -5.59. The van der Waals surface area contributed by atoms with E-state index in [1.54, 1.807) is 60.7 Å². The number of rotatable bonds is 9. The molecule has 0 aliphatic rings. The fraction of sp³-hybridized carbons (Fsp3) is 0.0769. The molecule has 0 aliphatic carbocycles. The van der Waals surface area contributed by atoms with Crippen molar-refractivity contribution < 1.29 is 23.3 Å². The van der Waals surface area contributed by atoms with Gasteiger partial charge in [0.1, 0.15) is 18.1 Å². The average molecular weight is 529 g/mol. The Morgan fingerprint density at radius 1 is 1.10 bits per heavy atom. The number of carbonyl (C=O) groups excluding carboxylic acids is 1. The van der Waals surface area contributed by atoms with Crippen LogP contribution in [0.2, 0.25) is 0 Å². The number of methoxy groups -OCH3 is 1. The van der Waals surface area contributed by atoms with E-state index in [-0.39, 0.29) is 29.8 Å². The number of hydrogen-bond donors (Lipinski definition) is 2. The zero-order chi connectivity index (χ0) is 27.2. The molecule has 5 rings (SSSR count). The summed E-state index contributed by atoms with van der Waals surface area (Å²) >= 11 is 0. The maximum Gasteiger partial charge on any atom is 0.294 e. The molecular formula is C26H21FN8O4. The van der Waals surface area contributed by atoms with Gasteiger partial charge in [0.05, 0.1) is 13.3 Å². The molecule has 0 fully saturated rings. The number of nitrogens with zero attached hydrogens (tertiary/aromatic N) is 6. The van der Waals surface area contributed by atoms with Crippen molar-refractivity contribution in [1.82, 2.24) is 30.7 Å². The highest BCUT2D eigenvalue weighted by atomic mass is 19.1. The number of aromatic nitrogens is 5. The van der Waals surface area contributed by atoms with Crippen LogP contribution in [0.25, 0.3) is 17.1 Å². The molecule has 0 bridgehead atoms. The second-order valence-electron chi connectivity index (χ2n) is 8.03. The normalized spacial score (nSPS) is 11.0. The van der Waals surface area contributed by atoms with Crippen molar-refractivity contribution in [2.75, 3.05) is 12.8 Å². The fourth-order valence-corrected chi connectivity index (χ4v) is 3.65. The standard InChI is InChI=1S/C26H21FN8O4/c1-37-21-13-16(11-12-20(21)38-15-18-9-5-6-10-19(18)27)14-29-31-26(36)22-23(17-7-3-2-4-8-17)35(34-30-22)25-24(28)32-39-33-25/h2-14H,15H2,1H3,(H2,28,32)(H,31,36)/b29-14-. The topological polar surface area (TPSA) is 156 Å². The van der Waals surface area contributed by atoms with E-state index in [2.05, 4.69) is 35.8 Å². The molecule has 0 saturated carbocycles. The number of nitrogens with one attached hydrogen (secondary N) is 1. The van der Waals surface area contributed by atoms with E-state index >= 15 is 0 Å². The van der Waals surface area contributed by atoms with Crippen LogP contribution in [0.4, 0.5) is 10.2 Å². The van der Waals surface area contributed by atoms with Crippen molar-refractivity contribution in [2.45, 2.75) is 6.61 Å². The molecule has 0 radical (unpaired) electrons. The summed E-state index contributed by atoms with van der Waals surface area (Å²) in [6, 6.07) is 20.4. The van der Waals surface area contributed by atoms with Crippen LogP contribution in [-0.4, -0.2) is 44.5 Å². The molecular weight excluding hydrogens is 507 g/mol. The van der Waals surface area contributed by atoms with Crippen molar-refractivity contribution in [2.24, 2.45) is 5.10 Å². The van der Waals surface area contributed by atoms with E-state index in [9.17, 15) is 9.18 Å². The van der Waals surface area contributed by atoms with Gasteiger partial charge in [-0.25, -0.2) is 14.4 Å². The van der Waals surface area contributed by atoms with E-state index in [1.165, 1.54) is 24.1 Å². The maximum absolute atomic E-state index is 13.9. The predicted molar refractivity (Wildman–Crippen MR) is 138 cm³/mol. The Labute approximate surface area is 220 Å². The van der Waals surface area contributed by atoms with Gasteiger partial charge in [-0.3, -0.25) is 4.79 Å². The summed E-state index contributed by atoms with van der Waals surface area (Å²) < 4.78 is 31.0. The van der Waals surface area contributed by atoms with Crippen LogP contribution in [0.3, 0.4) is 0 Å². The molecule has 196 valence electrons. The van der Waals surface area contributed by atoms with Gasteiger partial charge in [-0.2, -0.15) is 9.78 Å².